The largest absolute Gasteiger partial charge is 0.481 e. The van der Waals surface area contributed by atoms with Crippen molar-refractivity contribution in [2.75, 3.05) is 31.6 Å². The molecule has 5 nitrogen and oxygen atoms in total. The maximum atomic E-state index is 10.8. The molecule has 0 atom stereocenters. The highest BCUT2D eigenvalue weighted by Crippen LogP contribution is 2.27. The van der Waals surface area contributed by atoms with Crippen LogP contribution in [0.25, 0.3) is 10.9 Å². The Kier molecular flexibility index (Phi) is 5.30. The second-order valence-corrected chi connectivity index (χ2v) is 6.59. The molecule has 3 rings (SSSR count). The van der Waals surface area contributed by atoms with Crippen molar-refractivity contribution in [1.29, 1.82) is 0 Å². The molecule has 0 bridgehead atoms. The highest BCUT2D eigenvalue weighted by Gasteiger charge is 2.18. The minimum atomic E-state index is -0.755. The monoisotopic (exact) mass is 327 g/mol. The third-order valence-electron chi connectivity index (χ3n) is 4.58. The molecule has 1 N–H and O–H groups in total. The van der Waals surface area contributed by atoms with Gasteiger partial charge in [0.15, 0.2) is 0 Å². The highest BCUT2D eigenvalue weighted by atomic mass is 16.4. The molecule has 24 heavy (non-hydrogen) atoms. The summed E-state index contributed by atoms with van der Waals surface area (Å²) in [6.07, 6.45) is 3.88. The van der Waals surface area contributed by atoms with Gasteiger partial charge in [0, 0.05) is 37.1 Å². The van der Waals surface area contributed by atoms with E-state index in [4.69, 9.17) is 10.1 Å². The predicted octanol–water partition coefficient (Wildman–Crippen LogP) is 3.13. The van der Waals surface area contributed by atoms with Crippen LogP contribution >= 0.6 is 0 Å². The number of pyridine rings is 1. The molecule has 1 fully saturated rings. The van der Waals surface area contributed by atoms with Crippen molar-refractivity contribution in [1.82, 2.24) is 9.88 Å². The van der Waals surface area contributed by atoms with Gasteiger partial charge in [-0.1, -0.05) is 18.2 Å². The number of rotatable bonds is 6. The van der Waals surface area contributed by atoms with Gasteiger partial charge in [0.05, 0.1) is 11.9 Å². The van der Waals surface area contributed by atoms with Crippen molar-refractivity contribution in [2.24, 2.45) is 0 Å². The standard InChI is InChI=1S/C19H25N3O2/c1-21(12-9-18(23)24)14-16-13-15-7-3-4-8-17(15)20-19(16)22-10-5-2-6-11-22/h3-4,7-8,13H,2,5-6,9-12,14H2,1H3,(H,23,24). The summed E-state index contributed by atoms with van der Waals surface area (Å²) in [5.41, 5.74) is 2.21. The van der Waals surface area contributed by atoms with Crippen LogP contribution in [0.3, 0.4) is 0 Å². The van der Waals surface area contributed by atoms with Crippen LogP contribution in [0.5, 0.6) is 0 Å². The number of hydrogen-bond donors (Lipinski definition) is 1. The summed E-state index contributed by atoms with van der Waals surface area (Å²) in [5.74, 6) is 0.310. The van der Waals surface area contributed by atoms with Crippen LogP contribution in [0.1, 0.15) is 31.2 Å². The number of fused-ring (bicyclic) bond motifs is 1. The topological polar surface area (TPSA) is 56.7 Å². The van der Waals surface area contributed by atoms with Gasteiger partial charge in [-0.2, -0.15) is 0 Å². The fraction of sp³-hybridized carbons (Fsp3) is 0.474. The number of piperidine rings is 1. The Bertz CT molecular complexity index is 711. The molecule has 1 aliphatic rings. The Hall–Kier alpha value is -2.14. The van der Waals surface area contributed by atoms with Gasteiger partial charge in [-0.25, -0.2) is 4.98 Å². The zero-order chi connectivity index (χ0) is 16.9. The lowest BCUT2D eigenvalue weighted by Gasteiger charge is -2.30. The predicted molar refractivity (Wildman–Crippen MR) is 96.4 cm³/mol. The lowest BCUT2D eigenvalue weighted by Crippen LogP contribution is -2.32. The van der Waals surface area contributed by atoms with Crippen molar-refractivity contribution in [3.8, 4) is 0 Å². The first kappa shape index (κ1) is 16.7. The molecular formula is C19H25N3O2. The van der Waals surface area contributed by atoms with Crippen molar-refractivity contribution in [2.45, 2.75) is 32.2 Å². The number of benzene rings is 1. The van der Waals surface area contributed by atoms with Crippen LogP contribution < -0.4 is 4.90 Å². The van der Waals surface area contributed by atoms with Crippen molar-refractivity contribution < 1.29 is 9.90 Å². The minimum absolute atomic E-state index is 0.163. The van der Waals surface area contributed by atoms with Crippen LogP contribution in [-0.2, 0) is 11.3 Å². The van der Waals surface area contributed by atoms with Gasteiger partial charge in [0.1, 0.15) is 5.82 Å². The lowest BCUT2D eigenvalue weighted by molar-refractivity contribution is -0.137. The highest BCUT2D eigenvalue weighted by molar-refractivity contribution is 5.81. The lowest BCUT2D eigenvalue weighted by atomic mass is 10.1. The number of carboxylic acids is 1. The molecule has 0 unspecified atom stereocenters. The van der Waals surface area contributed by atoms with E-state index in [1.807, 2.05) is 19.2 Å². The number of nitrogens with zero attached hydrogens (tertiary/aromatic N) is 3. The molecule has 0 amide bonds. The van der Waals surface area contributed by atoms with E-state index < -0.39 is 5.97 Å². The number of carboxylic acid groups (broad SMARTS) is 1. The Morgan fingerprint density at radius 2 is 2.00 bits per heavy atom. The van der Waals surface area contributed by atoms with E-state index in [2.05, 4.69) is 28.0 Å². The summed E-state index contributed by atoms with van der Waals surface area (Å²) in [5, 5.41) is 10.0. The number of aliphatic carboxylic acids is 1. The first-order valence-corrected chi connectivity index (χ1v) is 8.67. The van der Waals surface area contributed by atoms with Crippen LogP contribution in [0.4, 0.5) is 5.82 Å². The molecule has 0 radical (unpaired) electrons. The Labute approximate surface area is 142 Å². The van der Waals surface area contributed by atoms with Gasteiger partial charge in [0.2, 0.25) is 0 Å². The van der Waals surface area contributed by atoms with Gasteiger partial charge in [-0.15, -0.1) is 0 Å². The average molecular weight is 327 g/mol. The van der Waals surface area contributed by atoms with Crippen molar-refractivity contribution in [3.05, 3.63) is 35.9 Å². The maximum Gasteiger partial charge on any atom is 0.304 e. The molecule has 1 aromatic carbocycles. The molecule has 2 heterocycles. The fourth-order valence-corrected chi connectivity index (χ4v) is 3.30. The Morgan fingerprint density at radius 3 is 2.75 bits per heavy atom. The van der Waals surface area contributed by atoms with Gasteiger partial charge in [-0.05, 0) is 38.4 Å². The van der Waals surface area contributed by atoms with E-state index in [0.717, 1.165) is 36.4 Å². The molecule has 0 aliphatic carbocycles. The number of hydrogen-bond acceptors (Lipinski definition) is 4. The summed E-state index contributed by atoms with van der Waals surface area (Å²) in [4.78, 5) is 20.2. The molecule has 0 saturated carbocycles. The number of aromatic nitrogens is 1. The SMILES string of the molecule is CN(CCC(=O)O)Cc1cc2ccccc2nc1N1CCCCC1. The van der Waals surface area contributed by atoms with Gasteiger partial charge in [-0.3, -0.25) is 4.79 Å². The zero-order valence-electron chi connectivity index (χ0n) is 14.2. The summed E-state index contributed by atoms with van der Waals surface area (Å²) in [6, 6.07) is 10.4. The molecule has 0 spiro atoms. The Morgan fingerprint density at radius 1 is 1.25 bits per heavy atom. The van der Waals surface area contributed by atoms with E-state index >= 15 is 0 Å². The summed E-state index contributed by atoms with van der Waals surface area (Å²) < 4.78 is 0. The smallest absolute Gasteiger partial charge is 0.304 e. The van der Waals surface area contributed by atoms with Crippen LogP contribution in [-0.4, -0.2) is 47.6 Å². The van der Waals surface area contributed by atoms with E-state index in [0.29, 0.717) is 6.54 Å². The maximum absolute atomic E-state index is 10.8. The van der Waals surface area contributed by atoms with Gasteiger partial charge >= 0.3 is 5.97 Å². The number of para-hydroxylation sites is 1. The third-order valence-corrected chi connectivity index (χ3v) is 4.58. The third kappa shape index (κ3) is 4.03. The molecule has 1 aromatic heterocycles. The number of anilines is 1. The van der Waals surface area contributed by atoms with Gasteiger partial charge in [0.25, 0.3) is 0 Å². The molecular weight excluding hydrogens is 302 g/mol. The van der Waals surface area contributed by atoms with E-state index in [1.165, 1.54) is 24.8 Å². The first-order chi connectivity index (χ1) is 11.6. The molecule has 2 aromatic rings. The fourth-order valence-electron chi connectivity index (χ4n) is 3.30. The molecule has 1 saturated heterocycles. The molecule has 1 aliphatic heterocycles. The average Bonchev–Trinajstić information content (AvgIpc) is 2.60. The minimum Gasteiger partial charge on any atom is -0.481 e. The van der Waals surface area contributed by atoms with Crippen LogP contribution in [0.15, 0.2) is 30.3 Å². The summed E-state index contributed by atoms with van der Waals surface area (Å²) in [7, 11) is 1.97. The Balaban J connectivity index is 1.89. The van der Waals surface area contributed by atoms with Crippen LogP contribution in [0, 0.1) is 0 Å². The van der Waals surface area contributed by atoms with Crippen molar-refractivity contribution in [3.63, 3.8) is 0 Å². The summed E-state index contributed by atoms with van der Waals surface area (Å²) >= 11 is 0. The first-order valence-electron chi connectivity index (χ1n) is 8.67. The summed E-state index contributed by atoms with van der Waals surface area (Å²) in [6.45, 7) is 3.37. The van der Waals surface area contributed by atoms with E-state index in [9.17, 15) is 4.79 Å². The van der Waals surface area contributed by atoms with E-state index in [1.54, 1.807) is 0 Å². The van der Waals surface area contributed by atoms with Crippen molar-refractivity contribution >= 4 is 22.7 Å². The molecule has 5 heteroatoms. The number of carbonyl (C=O) groups is 1. The zero-order valence-corrected chi connectivity index (χ0v) is 14.2. The van der Waals surface area contributed by atoms with Gasteiger partial charge < -0.3 is 14.9 Å². The van der Waals surface area contributed by atoms with E-state index in [-0.39, 0.29) is 6.42 Å². The second kappa shape index (κ2) is 7.62. The molecule has 128 valence electrons. The normalized spacial score (nSPS) is 15.2. The van der Waals surface area contributed by atoms with Crippen LogP contribution in [0.2, 0.25) is 0 Å². The quantitative estimate of drug-likeness (QED) is 0.883. The second-order valence-electron chi connectivity index (χ2n) is 6.59.